The third kappa shape index (κ3) is 4.07. The van der Waals surface area contributed by atoms with E-state index in [2.05, 4.69) is 29.0 Å². The molecule has 0 saturated carbocycles. The van der Waals surface area contributed by atoms with E-state index in [9.17, 15) is 14.7 Å². The lowest BCUT2D eigenvalue weighted by Gasteiger charge is -2.18. The van der Waals surface area contributed by atoms with Gasteiger partial charge in [0.1, 0.15) is 5.69 Å². The van der Waals surface area contributed by atoms with Crippen LogP contribution >= 0.6 is 0 Å². The van der Waals surface area contributed by atoms with Gasteiger partial charge in [0.15, 0.2) is 5.82 Å². The minimum atomic E-state index is -1.05. The lowest BCUT2D eigenvalue weighted by molar-refractivity contribution is 0.0695. The van der Waals surface area contributed by atoms with Gasteiger partial charge in [-0.3, -0.25) is 4.79 Å². The molecule has 0 radical (unpaired) electrons. The predicted octanol–water partition coefficient (Wildman–Crippen LogP) is 2.57. The van der Waals surface area contributed by atoms with Gasteiger partial charge in [0.25, 0.3) is 5.91 Å². The molecule has 8 nitrogen and oxygen atoms in total. The predicted molar refractivity (Wildman–Crippen MR) is 90.5 cm³/mol. The number of carboxylic acid groups (broad SMARTS) is 1. The van der Waals surface area contributed by atoms with Gasteiger partial charge in [-0.05, 0) is 32.3 Å². The van der Waals surface area contributed by atoms with Crippen molar-refractivity contribution in [3.8, 4) is 0 Å². The number of aromatic amines is 1. The van der Waals surface area contributed by atoms with Crippen LogP contribution in [0.4, 0.5) is 0 Å². The zero-order valence-corrected chi connectivity index (χ0v) is 15.2. The fourth-order valence-corrected chi connectivity index (χ4v) is 2.73. The number of hydrogen-bond acceptors (Lipinski definition) is 5. The molecule has 0 bridgehead atoms. The van der Waals surface area contributed by atoms with Crippen molar-refractivity contribution < 1.29 is 19.2 Å². The van der Waals surface area contributed by atoms with Crippen LogP contribution in [-0.4, -0.2) is 43.6 Å². The van der Waals surface area contributed by atoms with Crippen molar-refractivity contribution in [2.75, 3.05) is 6.54 Å². The molecular formula is C17H24N4O4. The highest BCUT2D eigenvalue weighted by molar-refractivity contribution is 5.99. The molecule has 0 aliphatic heterocycles. The number of amides is 1. The van der Waals surface area contributed by atoms with Crippen molar-refractivity contribution in [2.24, 2.45) is 5.92 Å². The molecule has 0 atom stereocenters. The Balaban J connectivity index is 2.20. The van der Waals surface area contributed by atoms with Crippen LogP contribution in [0.25, 0.3) is 0 Å². The van der Waals surface area contributed by atoms with Crippen molar-refractivity contribution in [3.05, 3.63) is 34.2 Å². The molecule has 2 N–H and O–H groups in total. The number of aromatic carboxylic acids is 1. The fourth-order valence-electron chi connectivity index (χ4n) is 2.73. The number of carboxylic acids is 1. The highest BCUT2D eigenvalue weighted by atomic mass is 16.5. The molecule has 1 amide bonds. The van der Waals surface area contributed by atoms with Gasteiger partial charge < -0.3 is 19.5 Å². The number of rotatable bonds is 7. The molecule has 0 saturated heterocycles. The van der Waals surface area contributed by atoms with Crippen molar-refractivity contribution in [1.29, 1.82) is 0 Å². The number of nitrogens with one attached hydrogen (secondary N) is 1. The number of aryl methyl sites for hydroxylation is 1. The smallest absolute Gasteiger partial charge is 0.337 e. The van der Waals surface area contributed by atoms with Gasteiger partial charge in [-0.25, -0.2) is 4.79 Å². The lowest BCUT2D eigenvalue weighted by Crippen LogP contribution is -2.31. The second-order valence-electron chi connectivity index (χ2n) is 6.45. The molecule has 0 aliphatic carbocycles. The van der Waals surface area contributed by atoms with Gasteiger partial charge in [0, 0.05) is 18.7 Å². The van der Waals surface area contributed by atoms with E-state index in [0.29, 0.717) is 41.9 Å². The molecule has 0 aliphatic rings. The minimum Gasteiger partial charge on any atom is -0.478 e. The van der Waals surface area contributed by atoms with Gasteiger partial charge in [0.05, 0.1) is 12.1 Å². The fraction of sp³-hybridized carbons (Fsp3) is 0.529. The average Bonchev–Trinajstić information content (AvgIpc) is 3.07. The molecule has 0 spiro atoms. The molecule has 0 fully saturated rings. The van der Waals surface area contributed by atoms with Crippen molar-refractivity contribution in [3.63, 3.8) is 0 Å². The van der Waals surface area contributed by atoms with Crippen molar-refractivity contribution >= 4 is 11.9 Å². The average molecular weight is 348 g/mol. The number of carbonyl (C=O) groups excluding carboxylic acids is 1. The van der Waals surface area contributed by atoms with Gasteiger partial charge in [-0.15, -0.1) is 0 Å². The Morgan fingerprint density at radius 1 is 1.32 bits per heavy atom. The molecular weight excluding hydrogens is 324 g/mol. The summed E-state index contributed by atoms with van der Waals surface area (Å²) in [5.74, 6) is 0.0469. The van der Waals surface area contributed by atoms with Crippen molar-refractivity contribution in [1.82, 2.24) is 20.0 Å². The standard InChI is InChI=1S/C17H24N4O4/c1-6-21(8-12-19-13(25-20-12)7-9(2)3)16(22)15-10(4)14(17(23)24)11(5)18-15/h9,18H,6-8H2,1-5H3,(H,23,24). The maximum absolute atomic E-state index is 12.8. The summed E-state index contributed by atoms with van der Waals surface area (Å²) in [5.41, 5.74) is 1.31. The SMILES string of the molecule is CCN(Cc1noc(CC(C)C)n1)C(=O)c1[nH]c(C)c(C(=O)O)c1C. The van der Waals surface area contributed by atoms with E-state index in [1.807, 2.05) is 6.92 Å². The molecule has 25 heavy (non-hydrogen) atoms. The normalized spacial score (nSPS) is 11.1. The Labute approximate surface area is 146 Å². The second kappa shape index (κ2) is 7.50. The first-order valence-corrected chi connectivity index (χ1v) is 8.27. The zero-order chi connectivity index (χ0) is 18.7. The number of hydrogen-bond donors (Lipinski definition) is 2. The Kier molecular flexibility index (Phi) is 5.61. The van der Waals surface area contributed by atoms with Gasteiger partial charge in [-0.2, -0.15) is 4.98 Å². The Hall–Kier alpha value is -2.64. The van der Waals surface area contributed by atoms with Gasteiger partial charge in [-0.1, -0.05) is 19.0 Å². The molecule has 2 heterocycles. The third-order valence-corrected chi connectivity index (χ3v) is 3.96. The summed E-state index contributed by atoms with van der Waals surface area (Å²) < 4.78 is 5.20. The van der Waals surface area contributed by atoms with Crippen LogP contribution in [0.5, 0.6) is 0 Å². The number of carbonyl (C=O) groups is 2. The monoisotopic (exact) mass is 348 g/mol. The van der Waals surface area contributed by atoms with Crippen molar-refractivity contribution in [2.45, 2.75) is 47.6 Å². The molecule has 136 valence electrons. The van der Waals surface area contributed by atoms with Crippen LogP contribution < -0.4 is 0 Å². The first-order valence-electron chi connectivity index (χ1n) is 8.27. The summed E-state index contributed by atoms with van der Waals surface area (Å²) in [7, 11) is 0. The third-order valence-electron chi connectivity index (χ3n) is 3.96. The van der Waals surface area contributed by atoms with E-state index in [1.165, 1.54) is 0 Å². The summed E-state index contributed by atoms with van der Waals surface area (Å²) in [5, 5.41) is 13.2. The zero-order valence-electron chi connectivity index (χ0n) is 15.2. The quantitative estimate of drug-likeness (QED) is 0.795. The van der Waals surface area contributed by atoms with Crippen LogP contribution in [0.2, 0.25) is 0 Å². The van der Waals surface area contributed by atoms with E-state index < -0.39 is 5.97 Å². The van der Waals surface area contributed by atoms with Gasteiger partial charge in [0.2, 0.25) is 5.89 Å². The van der Waals surface area contributed by atoms with E-state index in [-0.39, 0.29) is 23.7 Å². The highest BCUT2D eigenvalue weighted by Gasteiger charge is 2.25. The van der Waals surface area contributed by atoms with Crippen LogP contribution in [-0.2, 0) is 13.0 Å². The summed E-state index contributed by atoms with van der Waals surface area (Å²) in [6.45, 7) is 9.87. The molecule has 0 aromatic carbocycles. The Morgan fingerprint density at radius 2 is 2.00 bits per heavy atom. The summed E-state index contributed by atoms with van der Waals surface area (Å²) >= 11 is 0. The van der Waals surface area contributed by atoms with E-state index in [0.717, 1.165) is 0 Å². The molecule has 2 aromatic heterocycles. The van der Waals surface area contributed by atoms with Crippen LogP contribution in [0.15, 0.2) is 4.52 Å². The minimum absolute atomic E-state index is 0.137. The molecule has 2 aromatic rings. The van der Waals surface area contributed by atoms with Crippen LogP contribution in [0.1, 0.15) is 64.6 Å². The first-order chi connectivity index (χ1) is 11.7. The number of aromatic nitrogens is 3. The maximum atomic E-state index is 12.8. The topological polar surface area (TPSA) is 112 Å². The first kappa shape index (κ1) is 18.7. The van der Waals surface area contributed by atoms with E-state index in [4.69, 9.17) is 4.52 Å². The van der Waals surface area contributed by atoms with Crippen LogP contribution in [0, 0.1) is 19.8 Å². The van der Waals surface area contributed by atoms with Crippen LogP contribution in [0.3, 0.4) is 0 Å². The second-order valence-corrected chi connectivity index (χ2v) is 6.45. The van der Waals surface area contributed by atoms with Gasteiger partial charge >= 0.3 is 5.97 Å². The lowest BCUT2D eigenvalue weighted by atomic mass is 10.1. The number of nitrogens with zero attached hydrogens (tertiary/aromatic N) is 3. The van der Waals surface area contributed by atoms with E-state index in [1.54, 1.807) is 18.7 Å². The molecule has 2 rings (SSSR count). The summed E-state index contributed by atoms with van der Waals surface area (Å²) in [6.07, 6.45) is 0.684. The maximum Gasteiger partial charge on any atom is 0.337 e. The Bertz CT molecular complexity index is 776. The summed E-state index contributed by atoms with van der Waals surface area (Å²) in [6, 6.07) is 0. The number of H-pyrrole nitrogens is 1. The molecule has 8 heteroatoms. The molecule has 0 unspecified atom stereocenters. The van der Waals surface area contributed by atoms with E-state index >= 15 is 0 Å². The highest BCUT2D eigenvalue weighted by Crippen LogP contribution is 2.20. The summed E-state index contributed by atoms with van der Waals surface area (Å²) in [4.78, 5) is 32.9. The largest absolute Gasteiger partial charge is 0.478 e. The Morgan fingerprint density at radius 3 is 2.52 bits per heavy atom.